The molecule has 2 aliphatic rings. The minimum atomic E-state index is -0.131. The summed E-state index contributed by atoms with van der Waals surface area (Å²) in [6.45, 7) is 2.79. The predicted octanol–water partition coefficient (Wildman–Crippen LogP) is 3.38. The molecule has 0 aliphatic carbocycles. The van der Waals surface area contributed by atoms with Crippen LogP contribution >= 0.6 is 0 Å². The number of carbonyl (C=O) groups is 2. The lowest BCUT2D eigenvalue weighted by atomic mass is 9.73. The van der Waals surface area contributed by atoms with Gasteiger partial charge in [0.2, 0.25) is 0 Å². The Hall–Kier alpha value is -3.75. The molecule has 0 bridgehead atoms. The molecule has 2 amide bonds. The van der Waals surface area contributed by atoms with Gasteiger partial charge in [-0.1, -0.05) is 24.6 Å². The Labute approximate surface area is 217 Å². The standard InChI is InChI=1S/C28H34N6O3/c1-32-19-24(31-21-32)27(36)33-14-10-28(11-15-33)9-5-4-7-22-6-2-3-8-25(22)37-17-16-34(20-28)26(35)23-18-29-12-13-30-23/h2-3,6,8,12-13,18-19,21H,4-5,7,9-11,14-17,20H2,1H3. The van der Waals surface area contributed by atoms with Crippen molar-refractivity contribution in [3.8, 4) is 5.75 Å². The molecule has 0 radical (unpaired) electrons. The molecule has 2 aromatic heterocycles. The zero-order chi connectivity index (χ0) is 25.7. The van der Waals surface area contributed by atoms with E-state index in [-0.39, 0.29) is 17.2 Å². The number of para-hydroxylation sites is 1. The zero-order valence-electron chi connectivity index (χ0n) is 21.4. The van der Waals surface area contributed by atoms with Crippen LogP contribution in [0.1, 0.15) is 58.6 Å². The Morgan fingerprint density at radius 3 is 2.49 bits per heavy atom. The van der Waals surface area contributed by atoms with Crippen LogP contribution in [-0.2, 0) is 13.5 Å². The van der Waals surface area contributed by atoms with Gasteiger partial charge in [-0.2, -0.15) is 0 Å². The van der Waals surface area contributed by atoms with Crippen molar-refractivity contribution in [3.05, 3.63) is 72.3 Å². The molecule has 37 heavy (non-hydrogen) atoms. The molecule has 9 nitrogen and oxygen atoms in total. The van der Waals surface area contributed by atoms with E-state index in [9.17, 15) is 9.59 Å². The number of imidazole rings is 1. The summed E-state index contributed by atoms with van der Waals surface area (Å²) in [5.41, 5.74) is 1.96. The Morgan fingerprint density at radius 2 is 1.73 bits per heavy atom. The summed E-state index contributed by atoms with van der Waals surface area (Å²) < 4.78 is 7.95. The molecule has 0 saturated carbocycles. The van der Waals surface area contributed by atoms with Crippen molar-refractivity contribution < 1.29 is 14.3 Å². The summed E-state index contributed by atoms with van der Waals surface area (Å²) >= 11 is 0. The lowest BCUT2D eigenvalue weighted by molar-refractivity contribution is 0.0323. The van der Waals surface area contributed by atoms with Crippen molar-refractivity contribution >= 4 is 11.8 Å². The van der Waals surface area contributed by atoms with E-state index in [0.717, 1.165) is 44.3 Å². The second-order valence-corrected chi connectivity index (χ2v) is 10.2. The number of ether oxygens (including phenoxy) is 1. The third-order valence-corrected chi connectivity index (χ3v) is 7.63. The highest BCUT2D eigenvalue weighted by Crippen LogP contribution is 2.39. The number of aromatic nitrogens is 4. The molecule has 0 unspecified atom stereocenters. The number of nitrogens with zero attached hydrogens (tertiary/aromatic N) is 6. The van der Waals surface area contributed by atoms with Gasteiger partial charge in [0.25, 0.3) is 11.8 Å². The average molecular weight is 503 g/mol. The van der Waals surface area contributed by atoms with E-state index >= 15 is 0 Å². The molecular weight excluding hydrogens is 468 g/mol. The summed E-state index contributed by atoms with van der Waals surface area (Å²) in [7, 11) is 1.87. The highest BCUT2D eigenvalue weighted by Gasteiger charge is 2.39. The van der Waals surface area contributed by atoms with Crippen molar-refractivity contribution in [1.82, 2.24) is 29.3 Å². The van der Waals surface area contributed by atoms with Crippen LogP contribution in [0.2, 0.25) is 0 Å². The number of fused-ring (bicyclic) bond motifs is 1. The highest BCUT2D eigenvalue weighted by atomic mass is 16.5. The lowest BCUT2D eigenvalue weighted by Gasteiger charge is -2.44. The van der Waals surface area contributed by atoms with Crippen LogP contribution in [0.25, 0.3) is 0 Å². The van der Waals surface area contributed by atoms with Gasteiger partial charge in [-0.3, -0.25) is 14.6 Å². The summed E-state index contributed by atoms with van der Waals surface area (Å²) in [5.74, 6) is 0.737. The van der Waals surface area contributed by atoms with Gasteiger partial charge in [0.05, 0.1) is 19.1 Å². The summed E-state index contributed by atoms with van der Waals surface area (Å²) in [6, 6.07) is 8.17. The van der Waals surface area contributed by atoms with Crippen molar-refractivity contribution in [2.45, 2.75) is 38.5 Å². The number of carbonyl (C=O) groups excluding carboxylic acids is 2. The number of rotatable bonds is 2. The molecule has 1 fully saturated rings. The lowest BCUT2D eigenvalue weighted by Crippen LogP contribution is -2.50. The Kier molecular flexibility index (Phi) is 7.48. The SMILES string of the molecule is Cn1cnc(C(=O)N2CCC3(CCCCc4ccccc4OCCN(C(=O)c4cnccn4)C3)CC2)c1. The normalized spacial score (nSPS) is 18.3. The van der Waals surface area contributed by atoms with E-state index in [1.54, 1.807) is 29.5 Å². The van der Waals surface area contributed by atoms with E-state index < -0.39 is 0 Å². The molecule has 2 aliphatic heterocycles. The van der Waals surface area contributed by atoms with Crippen LogP contribution in [0.4, 0.5) is 0 Å². The highest BCUT2D eigenvalue weighted by molar-refractivity contribution is 5.92. The molecule has 1 saturated heterocycles. The molecule has 0 N–H and O–H groups in total. The molecule has 1 spiro atoms. The number of aryl methyl sites for hydroxylation is 2. The van der Waals surface area contributed by atoms with Crippen molar-refractivity contribution in [2.75, 3.05) is 32.8 Å². The average Bonchev–Trinajstić information content (AvgIpc) is 3.37. The van der Waals surface area contributed by atoms with Gasteiger partial charge in [-0.05, 0) is 49.1 Å². The summed E-state index contributed by atoms with van der Waals surface area (Å²) in [6.07, 6.45) is 13.8. The fourth-order valence-corrected chi connectivity index (χ4v) is 5.52. The monoisotopic (exact) mass is 502 g/mol. The van der Waals surface area contributed by atoms with E-state index in [1.807, 2.05) is 35.0 Å². The zero-order valence-corrected chi connectivity index (χ0v) is 21.4. The number of amides is 2. The van der Waals surface area contributed by atoms with Crippen molar-refractivity contribution in [3.63, 3.8) is 0 Å². The molecule has 194 valence electrons. The van der Waals surface area contributed by atoms with Crippen LogP contribution in [0.5, 0.6) is 5.75 Å². The van der Waals surface area contributed by atoms with Crippen molar-refractivity contribution in [1.29, 1.82) is 0 Å². The van der Waals surface area contributed by atoms with Crippen LogP contribution in [0, 0.1) is 5.41 Å². The number of hydrogen-bond donors (Lipinski definition) is 0. The first-order valence-corrected chi connectivity index (χ1v) is 13.1. The maximum Gasteiger partial charge on any atom is 0.274 e. The number of hydrogen-bond acceptors (Lipinski definition) is 6. The molecule has 3 aromatic rings. The van der Waals surface area contributed by atoms with E-state index in [4.69, 9.17) is 4.74 Å². The third kappa shape index (κ3) is 5.81. The van der Waals surface area contributed by atoms with Crippen molar-refractivity contribution in [2.24, 2.45) is 12.5 Å². The predicted molar refractivity (Wildman–Crippen MR) is 138 cm³/mol. The van der Waals surface area contributed by atoms with Crippen LogP contribution in [0.3, 0.4) is 0 Å². The first kappa shape index (κ1) is 24.9. The number of piperidine rings is 1. The van der Waals surface area contributed by atoms with Gasteiger partial charge >= 0.3 is 0 Å². The fourth-order valence-electron chi connectivity index (χ4n) is 5.52. The Balaban J connectivity index is 1.36. The number of likely N-dealkylation sites (tertiary alicyclic amines) is 1. The Bertz CT molecular complexity index is 1220. The number of benzene rings is 1. The first-order chi connectivity index (χ1) is 18.0. The van der Waals surface area contributed by atoms with Gasteiger partial charge in [0.15, 0.2) is 0 Å². The molecule has 5 rings (SSSR count). The molecule has 0 atom stereocenters. The molecular formula is C28H34N6O3. The fraction of sp³-hybridized carbons (Fsp3) is 0.464. The van der Waals surface area contributed by atoms with Gasteiger partial charge in [0, 0.05) is 45.3 Å². The largest absolute Gasteiger partial charge is 0.491 e. The van der Waals surface area contributed by atoms with E-state index in [1.165, 1.54) is 11.8 Å². The maximum absolute atomic E-state index is 13.5. The summed E-state index contributed by atoms with van der Waals surface area (Å²) in [4.78, 5) is 43.0. The minimum absolute atomic E-state index is 0.0268. The third-order valence-electron chi connectivity index (χ3n) is 7.63. The molecule has 1 aromatic carbocycles. The van der Waals surface area contributed by atoms with E-state index in [2.05, 4.69) is 21.0 Å². The van der Waals surface area contributed by atoms with Crippen LogP contribution < -0.4 is 4.74 Å². The topological polar surface area (TPSA) is 93.5 Å². The van der Waals surface area contributed by atoms with E-state index in [0.29, 0.717) is 44.2 Å². The van der Waals surface area contributed by atoms with Crippen LogP contribution in [0.15, 0.2) is 55.4 Å². The van der Waals surface area contributed by atoms with Gasteiger partial charge in [-0.15, -0.1) is 0 Å². The van der Waals surface area contributed by atoms with Gasteiger partial charge < -0.3 is 19.1 Å². The van der Waals surface area contributed by atoms with Gasteiger partial charge in [-0.25, -0.2) is 9.97 Å². The first-order valence-electron chi connectivity index (χ1n) is 13.1. The second kappa shape index (κ2) is 11.1. The molecule has 4 heterocycles. The second-order valence-electron chi connectivity index (χ2n) is 10.2. The summed E-state index contributed by atoms with van der Waals surface area (Å²) in [5, 5.41) is 0. The minimum Gasteiger partial charge on any atom is -0.491 e. The van der Waals surface area contributed by atoms with Crippen LogP contribution in [-0.4, -0.2) is 73.9 Å². The Morgan fingerprint density at radius 1 is 0.919 bits per heavy atom. The van der Waals surface area contributed by atoms with Gasteiger partial charge in [0.1, 0.15) is 23.7 Å². The smallest absolute Gasteiger partial charge is 0.274 e. The quantitative estimate of drug-likeness (QED) is 0.533. The molecule has 9 heteroatoms. The maximum atomic E-state index is 13.5.